The van der Waals surface area contributed by atoms with Crippen molar-refractivity contribution >= 4 is 35.0 Å². The molecule has 2 aromatic rings. The lowest BCUT2D eigenvalue weighted by molar-refractivity contribution is 0.0935. The molecule has 1 amide bonds. The third kappa shape index (κ3) is 3.17. The van der Waals surface area contributed by atoms with Gasteiger partial charge < -0.3 is 11.1 Å². The van der Waals surface area contributed by atoms with Gasteiger partial charge in [0.25, 0.3) is 5.91 Å². The second-order valence-corrected chi connectivity index (χ2v) is 6.54. The first-order chi connectivity index (χ1) is 10.1. The van der Waals surface area contributed by atoms with Crippen LogP contribution in [0.2, 0.25) is 5.02 Å². The summed E-state index contributed by atoms with van der Waals surface area (Å²) in [5.41, 5.74) is 8.01. The highest BCUT2D eigenvalue weighted by Gasteiger charge is 2.23. The van der Waals surface area contributed by atoms with E-state index >= 15 is 0 Å². The average molecular weight is 319 g/mol. The minimum Gasteiger partial charge on any atom is -0.399 e. The lowest BCUT2D eigenvalue weighted by Crippen LogP contribution is -2.30. The summed E-state index contributed by atoms with van der Waals surface area (Å²) in [7, 11) is 0. The molecule has 0 bridgehead atoms. The van der Waals surface area contributed by atoms with Crippen LogP contribution in [0.15, 0.2) is 47.4 Å². The van der Waals surface area contributed by atoms with Gasteiger partial charge >= 0.3 is 0 Å². The summed E-state index contributed by atoms with van der Waals surface area (Å²) in [5, 5.41) is 3.78. The first-order valence-corrected chi connectivity index (χ1v) is 8.08. The van der Waals surface area contributed by atoms with E-state index in [2.05, 4.69) is 5.32 Å². The van der Waals surface area contributed by atoms with Crippen LogP contribution in [0.4, 0.5) is 5.69 Å². The molecule has 3 N–H and O–H groups in total. The quantitative estimate of drug-likeness (QED) is 0.826. The fraction of sp³-hybridized carbons (Fsp3) is 0.188. The van der Waals surface area contributed by atoms with Crippen molar-refractivity contribution in [3.8, 4) is 0 Å². The Labute approximate surface area is 132 Å². The van der Waals surface area contributed by atoms with Gasteiger partial charge in [-0.2, -0.15) is 0 Å². The summed E-state index contributed by atoms with van der Waals surface area (Å²) in [5.74, 6) is 0.902. The monoisotopic (exact) mass is 318 g/mol. The van der Waals surface area contributed by atoms with E-state index in [1.54, 1.807) is 36.0 Å². The van der Waals surface area contributed by atoms with Crippen LogP contribution in [0.5, 0.6) is 0 Å². The minimum absolute atomic E-state index is 0.00463. The Morgan fingerprint density at radius 3 is 2.76 bits per heavy atom. The molecule has 1 aliphatic rings. The standard InChI is InChI=1S/C16H15ClN2OS/c17-11-3-6-15-13(9-11)14(7-8-21-15)19-16(20)10-1-4-12(18)5-2-10/h1-6,9,14H,7-8,18H2,(H,19,20). The van der Waals surface area contributed by atoms with E-state index in [4.69, 9.17) is 17.3 Å². The Morgan fingerprint density at radius 2 is 2.00 bits per heavy atom. The van der Waals surface area contributed by atoms with E-state index in [1.807, 2.05) is 18.2 Å². The number of hydrogen-bond acceptors (Lipinski definition) is 3. The van der Waals surface area contributed by atoms with Crippen molar-refractivity contribution in [1.82, 2.24) is 5.32 Å². The van der Waals surface area contributed by atoms with Gasteiger partial charge in [0.15, 0.2) is 0 Å². The number of nitrogens with two attached hydrogens (primary N) is 1. The van der Waals surface area contributed by atoms with E-state index < -0.39 is 0 Å². The van der Waals surface area contributed by atoms with Crippen LogP contribution in [0.25, 0.3) is 0 Å². The first kappa shape index (κ1) is 14.3. The third-order valence-corrected chi connectivity index (χ3v) is 4.85. The maximum atomic E-state index is 12.3. The zero-order chi connectivity index (χ0) is 14.8. The van der Waals surface area contributed by atoms with Crippen molar-refractivity contribution in [3.63, 3.8) is 0 Å². The predicted octanol–water partition coefficient (Wildman–Crippen LogP) is 3.89. The molecule has 108 valence electrons. The Kier molecular flexibility index (Phi) is 4.08. The first-order valence-electron chi connectivity index (χ1n) is 6.72. The highest BCUT2D eigenvalue weighted by molar-refractivity contribution is 7.99. The molecule has 3 nitrogen and oxygen atoms in total. The average Bonchev–Trinajstić information content (AvgIpc) is 2.48. The molecular weight excluding hydrogens is 304 g/mol. The number of halogens is 1. The number of amides is 1. The maximum absolute atomic E-state index is 12.3. The highest BCUT2D eigenvalue weighted by Crippen LogP contribution is 2.37. The predicted molar refractivity (Wildman–Crippen MR) is 87.9 cm³/mol. The van der Waals surface area contributed by atoms with Crippen LogP contribution in [0.1, 0.15) is 28.4 Å². The van der Waals surface area contributed by atoms with Gasteiger partial charge in [-0.3, -0.25) is 4.79 Å². The van der Waals surface area contributed by atoms with Crippen LogP contribution < -0.4 is 11.1 Å². The number of benzene rings is 2. The Hall–Kier alpha value is -1.65. The van der Waals surface area contributed by atoms with E-state index in [0.29, 0.717) is 16.3 Å². The summed E-state index contributed by atoms with van der Waals surface area (Å²) in [6.07, 6.45) is 0.902. The van der Waals surface area contributed by atoms with Gasteiger partial charge in [-0.25, -0.2) is 0 Å². The molecule has 0 aliphatic carbocycles. The molecule has 2 aromatic carbocycles. The summed E-state index contributed by atoms with van der Waals surface area (Å²) in [4.78, 5) is 13.5. The smallest absolute Gasteiger partial charge is 0.251 e. The van der Waals surface area contributed by atoms with Crippen LogP contribution in [-0.4, -0.2) is 11.7 Å². The SMILES string of the molecule is Nc1ccc(C(=O)NC2CCSc3ccc(Cl)cc32)cc1. The van der Waals surface area contributed by atoms with Crippen molar-refractivity contribution in [2.45, 2.75) is 17.4 Å². The van der Waals surface area contributed by atoms with Gasteiger partial charge in [0.2, 0.25) is 0 Å². The summed E-state index contributed by atoms with van der Waals surface area (Å²) < 4.78 is 0. The molecule has 0 saturated heterocycles. The molecule has 0 fully saturated rings. The van der Waals surface area contributed by atoms with Crippen LogP contribution in [-0.2, 0) is 0 Å². The summed E-state index contributed by atoms with van der Waals surface area (Å²) in [6.45, 7) is 0. The zero-order valence-corrected chi connectivity index (χ0v) is 12.9. The fourth-order valence-electron chi connectivity index (χ4n) is 2.39. The lowest BCUT2D eigenvalue weighted by Gasteiger charge is -2.26. The van der Waals surface area contributed by atoms with Gasteiger partial charge in [0, 0.05) is 26.9 Å². The normalized spacial score (nSPS) is 17.1. The number of carbonyl (C=O) groups excluding carboxylic acids is 1. The van der Waals surface area contributed by atoms with Gasteiger partial charge in [-0.05, 0) is 54.4 Å². The Morgan fingerprint density at radius 1 is 1.24 bits per heavy atom. The molecule has 3 rings (SSSR count). The molecule has 0 spiro atoms. The van der Waals surface area contributed by atoms with E-state index in [9.17, 15) is 4.79 Å². The number of nitrogen functional groups attached to an aromatic ring is 1. The number of rotatable bonds is 2. The molecule has 5 heteroatoms. The summed E-state index contributed by atoms with van der Waals surface area (Å²) in [6, 6.07) is 12.8. The van der Waals surface area contributed by atoms with E-state index in [1.165, 1.54) is 4.90 Å². The van der Waals surface area contributed by atoms with Crippen molar-refractivity contribution < 1.29 is 4.79 Å². The Balaban J connectivity index is 1.81. The number of anilines is 1. The van der Waals surface area contributed by atoms with Gasteiger partial charge in [-0.15, -0.1) is 11.8 Å². The van der Waals surface area contributed by atoms with Crippen molar-refractivity contribution in [2.24, 2.45) is 0 Å². The number of thioether (sulfide) groups is 1. The zero-order valence-electron chi connectivity index (χ0n) is 11.3. The third-order valence-electron chi connectivity index (χ3n) is 3.49. The van der Waals surface area contributed by atoms with Crippen LogP contribution in [0, 0.1) is 0 Å². The van der Waals surface area contributed by atoms with Crippen molar-refractivity contribution in [2.75, 3.05) is 11.5 Å². The second kappa shape index (κ2) is 6.00. The van der Waals surface area contributed by atoms with Gasteiger partial charge in [-0.1, -0.05) is 11.6 Å². The molecule has 1 unspecified atom stereocenters. The molecule has 21 heavy (non-hydrogen) atoms. The molecule has 1 heterocycles. The second-order valence-electron chi connectivity index (χ2n) is 4.97. The Bertz CT molecular complexity index is 672. The number of hydrogen-bond donors (Lipinski definition) is 2. The molecule has 1 aliphatic heterocycles. The maximum Gasteiger partial charge on any atom is 0.251 e. The fourth-order valence-corrected chi connectivity index (χ4v) is 3.68. The highest BCUT2D eigenvalue weighted by atomic mass is 35.5. The molecule has 0 aromatic heterocycles. The van der Waals surface area contributed by atoms with E-state index in [-0.39, 0.29) is 11.9 Å². The number of carbonyl (C=O) groups is 1. The molecular formula is C16H15ClN2OS. The number of nitrogens with one attached hydrogen (secondary N) is 1. The molecule has 0 radical (unpaired) electrons. The van der Waals surface area contributed by atoms with Crippen LogP contribution >= 0.6 is 23.4 Å². The van der Waals surface area contributed by atoms with Crippen molar-refractivity contribution in [3.05, 3.63) is 58.6 Å². The van der Waals surface area contributed by atoms with Gasteiger partial charge in [0.05, 0.1) is 6.04 Å². The minimum atomic E-state index is -0.0853. The molecule has 1 atom stereocenters. The topological polar surface area (TPSA) is 55.1 Å². The molecule has 0 saturated carbocycles. The summed E-state index contributed by atoms with van der Waals surface area (Å²) >= 11 is 7.88. The lowest BCUT2D eigenvalue weighted by atomic mass is 10.0. The van der Waals surface area contributed by atoms with Crippen molar-refractivity contribution in [1.29, 1.82) is 0 Å². The van der Waals surface area contributed by atoms with E-state index in [0.717, 1.165) is 17.7 Å². The number of fused-ring (bicyclic) bond motifs is 1. The largest absolute Gasteiger partial charge is 0.399 e. The van der Waals surface area contributed by atoms with Gasteiger partial charge in [0.1, 0.15) is 0 Å². The van der Waals surface area contributed by atoms with Crippen LogP contribution in [0.3, 0.4) is 0 Å².